The lowest BCUT2D eigenvalue weighted by Gasteiger charge is -2.41. The lowest BCUT2D eigenvalue weighted by atomic mass is 9.99. The molecular formula is C43H83NO11S. The minimum atomic E-state index is -5.07. The number of rotatable bonds is 38. The van der Waals surface area contributed by atoms with E-state index in [-0.39, 0.29) is 18.9 Å². The van der Waals surface area contributed by atoms with Gasteiger partial charge in [0.15, 0.2) is 6.29 Å². The van der Waals surface area contributed by atoms with Crippen LogP contribution >= 0.6 is 0 Å². The van der Waals surface area contributed by atoms with Gasteiger partial charge in [0.25, 0.3) is 0 Å². The van der Waals surface area contributed by atoms with Crippen LogP contribution in [-0.4, -0.2) is 95.4 Å². The van der Waals surface area contributed by atoms with Crippen LogP contribution < -0.4 is 5.32 Å². The summed E-state index contributed by atoms with van der Waals surface area (Å²) < 4.78 is 47.5. The van der Waals surface area contributed by atoms with Crippen molar-refractivity contribution in [1.82, 2.24) is 5.32 Å². The van der Waals surface area contributed by atoms with Crippen LogP contribution in [0.15, 0.2) is 12.2 Å². The molecule has 12 nitrogen and oxygen atoms in total. The Hall–Kier alpha value is -1.16. The maximum Gasteiger partial charge on any atom is 0.397 e. The Morgan fingerprint density at radius 1 is 0.696 bits per heavy atom. The summed E-state index contributed by atoms with van der Waals surface area (Å²) in [5.41, 5.74) is 0. The van der Waals surface area contributed by atoms with E-state index < -0.39 is 59.9 Å². The van der Waals surface area contributed by atoms with Crippen molar-refractivity contribution in [3.05, 3.63) is 12.2 Å². The van der Waals surface area contributed by atoms with Crippen LogP contribution in [0.3, 0.4) is 0 Å². The third-order valence-electron chi connectivity index (χ3n) is 10.8. The van der Waals surface area contributed by atoms with Crippen molar-refractivity contribution < 1.29 is 51.8 Å². The van der Waals surface area contributed by atoms with Crippen molar-refractivity contribution in [2.24, 2.45) is 0 Å². The van der Waals surface area contributed by atoms with Gasteiger partial charge < -0.3 is 35.2 Å². The minimum absolute atomic E-state index is 0.235. The average molecular weight is 822 g/mol. The standard InChI is InChI=1S/C43H83NO11S/c1-3-5-7-9-11-13-15-16-17-18-19-20-21-22-23-25-27-29-31-33-39(47)44-36(37(46)32-30-28-26-24-14-12-10-8-6-4-2)35-53-43-41(49)42(55-56(50,51)52)40(48)38(34-45)54-43/h18-19,36-38,40-43,45-46,48-49H,3-17,20-35H2,1-2H3,(H,44,47)(H,50,51,52)/b19-18-. The van der Waals surface area contributed by atoms with Gasteiger partial charge in [0, 0.05) is 6.42 Å². The molecule has 13 heteroatoms. The van der Waals surface area contributed by atoms with Gasteiger partial charge >= 0.3 is 10.4 Å². The van der Waals surface area contributed by atoms with E-state index in [2.05, 4.69) is 35.5 Å². The molecule has 7 unspecified atom stereocenters. The minimum Gasteiger partial charge on any atom is -0.394 e. The molecule has 0 bridgehead atoms. The summed E-state index contributed by atoms with van der Waals surface area (Å²) in [7, 11) is -5.07. The number of carbonyl (C=O) groups is 1. The van der Waals surface area contributed by atoms with E-state index in [9.17, 15) is 33.6 Å². The molecule has 56 heavy (non-hydrogen) atoms. The maximum atomic E-state index is 13.0. The zero-order chi connectivity index (χ0) is 41.3. The highest BCUT2D eigenvalue weighted by Crippen LogP contribution is 2.26. The van der Waals surface area contributed by atoms with Gasteiger partial charge in [-0.3, -0.25) is 9.35 Å². The van der Waals surface area contributed by atoms with Crippen molar-refractivity contribution in [2.75, 3.05) is 13.2 Å². The number of hydrogen-bond acceptors (Lipinski definition) is 10. The Kier molecular flexibility index (Phi) is 32.7. The number of nitrogens with one attached hydrogen (secondary N) is 1. The zero-order valence-corrected chi connectivity index (χ0v) is 36.0. The predicted octanol–water partition coefficient (Wildman–Crippen LogP) is 8.38. The number of allylic oxidation sites excluding steroid dienone is 2. The topological polar surface area (TPSA) is 192 Å². The van der Waals surface area contributed by atoms with E-state index in [1.807, 2.05) is 0 Å². The third kappa shape index (κ3) is 27.5. The molecule has 1 amide bonds. The first-order chi connectivity index (χ1) is 27.0. The van der Waals surface area contributed by atoms with E-state index in [4.69, 9.17) is 14.0 Å². The first kappa shape index (κ1) is 52.9. The van der Waals surface area contributed by atoms with Gasteiger partial charge in [0.1, 0.15) is 24.4 Å². The van der Waals surface area contributed by atoms with Crippen LogP contribution in [-0.2, 0) is 28.9 Å². The molecule has 6 N–H and O–H groups in total. The zero-order valence-electron chi connectivity index (χ0n) is 35.2. The van der Waals surface area contributed by atoms with Crippen molar-refractivity contribution in [3.63, 3.8) is 0 Å². The fourth-order valence-electron chi connectivity index (χ4n) is 7.28. The molecule has 0 aromatic carbocycles. The van der Waals surface area contributed by atoms with Gasteiger partial charge in [-0.2, -0.15) is 8.42 Å². The molecule has 0 spiro atoms. The summed E-state index contributed by atoms with van der Waals surface area (Å²) >= 11 is 0. The number of ether oxygens (including phenoxy) is 2. The molecule has 332 valence electrons. The smallest absolute Gasteiger partial charge is 0.394 e. The van der Waals surface area contributed by atoms with E-state index in [1.54, 1.807) is 0 Å². The molecule has 0 aliphatic carbocycles. The number of amides is 1. The molecule has 0 aromatic rings. The Morgan fingerprint density at radius 2 is 1.14 bits per heavy atom. The second kappa shape index (κ2) is 34.7. The van der Waals surface area contributed by atoms with Gasteiger partial charge in [-0.1, -0.05) is 167 Å². The molecule has 1 aliphatic heterocycles. The summed E-state index contributed by atoms with van der Waals surface area (Å²) in [6.07, 6.45) is 27.9. The fraction of sp³-hybridized carbons (Fsp3) is 0.930. The van der Waals surface area contributed by atoms with E-state index in [0.29, 0.717) is 12.8 Å². The number of unbranched alkanes of at least 4 members (excludes halogenated alkanes) is 24. The van der Waals surface area contributed by atoms with E-state index >= 15 is 0 Å². The van der Waals surface area contributed by atoms with Crippen LogP contribution in [0.4, 0.5) is 0 Å². The highest BCUT2D eigenvalue weighted by atomic mass is 32.3. The molecule has 1 fully saturated rings. The summed E-state index contributed by atoms with van der Waals surface area (Å²) in [5, 5.41) is 44.7. The van der Waals surface area contributed by atoms with Crippen molar-refractivity contribution in [1.29, 1.82) is 0 Å². The first-order valence-corrected chi connectivity index (χ1v) is 23.9. The van der Waals surface area contributed by atoms with Gasteiger partial charge in [0.2, 0.25) is 5.91 Å². The third-order valence-corrected chi connectivity index (χ3v) is 11.3. The van der Waals surface area contributed by atoms with Gasteiger partial charge in [-0.25, -0.2) is 4.18 Å². The molecule has 0 saturated carbocycles. The van der Waals surface area contributed by atoms with Gasteiger partial charge in [-0.15, -0.1) is 0 Å². The molecule has 0 radical (unpaired) electrons. The van der Waals surface area contributed by atoms with Crippen LogP contribution in [0.1, 0.15) is 200 Å². The lowest BCUT2D eigenvalue weighted by Crippen LogP contribution is -2.61. The molecule has 1 aliphatic rings. The Balaban J connectivity index is 2.46. The van der Waals surface area contributed by atoms with Crippen LogP contribution in [0.5, 0.6) is 0 Å². The number of aliphatic hydroxyl groups is 4. The molecule has 7 atom stereocenters. The van der Waals surface area contributed by atoms with Crippen molar-refractivity contribution in [2.45, 2.75) is 243 Å². The predicted molar refractivity (Wildman–Crippen MR) is 222 cm³/mol. The SMILES string of the molecule is CCCCCCCCCC/C=C\CCCCCCCCCC(=O)NC(COC1OC(CO)C(O)C(OS(=O)(=O)O)C1O)C(O)CCCCCCCCCCCC. The molecule has 1 rings (SSSR count). The molecule has 1 heterocycles. The second-order valence-electron chi connectivity index (χ2n) is 16.0. The quantitative estimate of drug-likeness (QED) is 0.0199. The normalized spacial score (nSPS) is 21.4. The Bertz CT molecular complexity index is 1060. The molecular weight excluding hydrogens is 739 g/mol. The van der Waals surface area contributed by atoms with Gasteiger partial charge in [-0.05, 0) is 38.5 Å². The largest absolute Gasteiger partial charge is 0.397 e. The van der Waals surface area contributed by atoms with Crippen molar-refractivity contribution in [3.8, 4) is 0 Å². The lowest BCUT2D eigenvalue weighted by molar-refractivity contribution is -0.298. The monoisotopic (exact) mass is 822 g/mol. The number of aliphatic hydroxyl groups excluding tert-OH is 4. The average Bonchev–Trinajstić information content (AvgIpc) is 3.16. The Morgan fingerprint density at radius 3 is 1.61 bits per heavy atom. The van der Waals surface area contributed by atoms with Gasteiger partial charge in [0.05, 0.1) is 25.4 Å². The van der Waals surface area contributed by atoms with Crippen LogP contribution in [0, 0.1) is 0 Å². The van der Waals surface area contributed by atoms with Crippen molar-refractivity contribution >= 4 is 16.3 Å². The maximum absolute atomic E-state index is 13.0. The summed E-state index contributed by atoms with van der Waals surface area (Å²) in [6, 6.07) is -0.855. The van der Waals surface area contributed by atoms with Crippen LogP contribution in [0.25, 0.3) is 0 Å². The second-order valence-corrected chi connectivity index (χ2v) is 17.0. The summed E-state index contributed by atoms with van der Waals surface area (Å²) in [6.45, 7) is 3.42. The summed E-state index contributed by atoms with van der Waals surface area (Å²) in [4.78, 5) is 13.0. The highest BCUT2D eigenvalue weighted by molar-refractivity contribution is 7.80. The van der Waals surface area contributed by atoms with E-state index in [1.165, 1.54) is 116 Å². The molecule has 1 saturated heterocycles. The Labute approximate surface area is 340 Å². The van der Waals surface area contributed by atoms with Crippen LogP contribution in [0.2, 0.25) is 0 Å². The molecule has 0 aromatic heterocycles. The van der Waals surface area contributed by atoms with E-state index in [0.717, 1.165) is 51.4 Å². The first-order valence-electron chi connectivity index (χ1n) is 22.6. The number of hydrogen-bond donors (Lipinski definition) is 6. The number of carbonyl (C=O) groups excluding carboxylic acids is 1. The summed E-state index contributed by atoms with van der Waals surface area (Å²) in [5.74, 6) is -0.235. The fourth-order valence-corrected chi connectivity index (χ4v) is 7.79. The highest BCUT2D eigenvalue weighted by Gasteiger charge is 2.48.